The molecule has 1 radical (unpaired) electrons. The van der Waals surface area contributed by atoms with Crippen molar-refractivity contribution in [2.45, 2.75) is 17.4 Å². The summed E-state index contributed by atoms with van der Waals surface area (Å²) in [7, 11) is -0.614. The van der Waals surface area contributed by atoms with Crippen LogP contribution >= 0.6 is 0 Å². The summed E-state index contributed by atoms with van der Waals surface area (Å²) in [4.78, 5) is 0.142. The Bertz CT molecular complexity index is 938. The normalized spacial score (nSPS) is 10.7. The minimum absolute atomic E-state index is 0. The number of sulfonamides is 1. The Hall–Kier alpha value is -1.82. The largest absolute Gasteiger partial charge is 0.748 e. The van der Waals surface area contributed by atoms with Crippen LogP contribution in [0.4, 0.5) is 0 Å². The van der Waals surface area contributed by atoms with Crippen molar-refractivity contribution in [3.63, 3.8) is 0 Å². The van der Waals surface area contributed by atoms with Gasteiger partial charge >= 0.3 is 33.9 Å². The number of hydrogen-bond acceptors (Lipinski definition) is 3. The molecule has 3 aromatic rings. The van der Waals surface area contributed by atoms with Crippen LogP contribution in [-0.4, -0.2) is 31.9 Å². The first-order chi connectivity index (χ1) is 14.3. The summed E-state index contributed by atoms with van der Waals surface area (Å²) in [5, 5.41) is 10.7. The van der Waals surface area contributed by atoms with E-state index in [2.05, 4.69) is 20.0 Å². The number of hydrogen-bond donors (Lipinski definition) is 1. The van der Waals surface area contributed by atoms with Gasteiger partial charge in [0.15, 0.2) is 0 Å². The monoisotopic (exact) mass is 539 g/mol. The molecule has 0 spiro atoms. The summed E-state index contributed by atoms with van der Waals surface area (Å²) in [5.41, 5.74) is -0.257. The van der Waals surface area contributed by atoms with Crippen LogP contribution in [-0.2, 0) is 63.7 Å². The van der Waals surface area contributed by atoms with Gasteiger partial charge in [-0.25, -0.2) is 30.9 Å². The zero-order valence-corrected chi connectivity index (χ0v) is 20.6. The van der Waals surface area contributed by atoms with Crippen molar-refractivity contribution in [3.8, 4) is 0 Å². The Morgan fingerprint density at radius 2 is 1.28 bits per heavy atom. The molecule has 0 saturated heterocycles. The van der Waals surface area contributed by atoms with Crippen molar-refractivity contribution < 1.29 is 61.6 Å². The summed E-state index contributed by atoms with van der Waals surface area (Å²) < 4.78 is 48.1. The molecule has 1 unspecified atom stereocenters. The molecule has 0 amide bonds. The third-order valence-corrected chi connectivity index (χ3v) is 5.71. The van der Waals surface area contributed by atoms with Crippen LogP contribution in [0.1, 0.15) is 18.1 Å². The van der Waals surface area contributed by atoms with E-state index in [1.807, 2.05) is 42.5 Å². The van der Waals surface area contributed by atoms with Crippen molar-refractivity contribution in [1.29, 1.82) is 0 Å². The Morgan fingerprint density at radius 3 is 1.62 bits per heavy atom. The predicted molar refractivity (Wildman–Crippen MR) is 107 cm³/mol. The van der Waals surface area contributed by atoms with Crippen LogP contribution in [0.2, 0.25) is 0 Å². The van der Waals surface area contributed by atoms with Crippen molar-refractivity contribution in [2.24, 2.45) is 0 Å². The standard InChI is InChI=1S/C14H17NO3S.C5H5.3CO.Fe.Mn/c1-14(16,11-7-4-5-8-11)12-9-6-10-13(12)19(17,18)15(2)3;1-2-4-5-3-1;3*1-2;;/h4-10,16H,1-3H3;1-5H;;;;;/q-2;-5;;;;;. The van der Waals surface area contributed by atoms with Gasteiger partial charge in [0.1, 0.15) is 0 Å². The van der Waals surface area contributed by atoms with E-state index in [9.17, 15) is 13.5 Å². The second kappa shape index (κ2) is 19.8. The molecule has 0 aliphatic heterocycles. The Morgan fingerprint density at radius 1 is 0.906 bits per heavy atom. The first kappa shape index (κ1) is 37.5. The van der Waals surface area contributed by atoms with Gasteiger partial charge in [-0.05, 0) is 11.8 Å². The van der Waals surface area contributed by atoms with E-state index in [1.54, 1.807) is 31.2 Å². The Kier molecular flexibility index (Phi) is 23.2. The molecule has 0 aliphatic rings. The van der Waals surface area contributed by atoms with Crippen LogP contribution in [0.15, 0.2) is 77.7 Å². The van der Waals surface area contributed by atoms with Crippen molar-refractivity contribution in [1.82, 2.24) is 4.31 Å². The van der Waals surface area contributed by atoms with E-state index in [4.69, 9.17) is 14.0 Å². The summed E-state index contributed by atoms with van der Waals surface area (Å²) >= 11 is 0. The van der Waals surface area contributed by atoms with Gasteiger partial charge in [0.05, 0.1) is 0 Å². The molecule has 1 N–H and O–H groups in total. The maximum absolute atomic E-state index is 12.2. The van der Waals surface area contributed by atoms with Gasteiger partial charge in [-0.15, -0.1) is 11.1 Å². The minimum Gasteiger partial charge on any atom is -0.748 e. The van der Waals surface area contributed by atoms with Crippen LogP contribution in [0.5, 0.6) is 0 Å². The van der Waals surface area contributed by atoms with Gasteiger partial charge in [-0.3, -0.25) is 0 Å². The second-order valence-corrected chi connectivity index (χ2v) is 7.92. The van der Waals surface area contributed by atoms with Crippen LogP contribution in [0.25, 0.3) is 0 Å². The van der Waals surface area contributed by atoms with E-state index in [0.717, 1.165) is 4.31 Å². The molecule has 0 heterocycles. The minimum atomic E-state index is -3.57. The average molecular weight is 539 g/mol. The first-order valence-electron chi connectivity index (χ1n) is 8.19. The molecule has 179 valence electrons. The smallest absolute Gasteiger partial charge is 0 e. The number of rotatable bonds is 4. The molecule has 0 fully saturated rings. The molecule has 3 aromatic carbocycles. The fourth-order valence-corrected chi connectivity index (χ4v) is 3.59. The van der Waals surface area contributed by atoms with E-state index in [-0.39, 0.29) is 39.0 Å². The third kappa shape index (κ3) is 10.7. The van der Waals surface area contributed by atoms with E-state index >= 15 is 0 Å². The van der Waals surface area contributed by atoms with E-state index in [0.29, 0.717) is 11.1 Å². The summed E-state index contributed by atoms with van der Waals surface area (Å²) in [6.45, 7) is 15.1. The Balaban J connectivity index is -0.000000255. The van der Waals surface area contributed by atoms with E-state index in [1.165, 1.54) is 20.2 Å². The van der Waals surface area contributed by atoms with Gasteiger partial charge in [0.2, 0.25) is 10.0 Å². The van der Waals surface area contributed by atoms with Crippen LogP contribution in [0.3, 0.4) is 0 Å². The maximum Gasteiger partial charge on any atom is 0 e. The van der Waals surface area contributed by atoms with Crippen LogP contribution < -0.4 is 0 Å². The fourth-order valence-electron chi connectivity index (χ4n) is 2.40. The first-order valence-corrected chi connectivity index (χ1v) is 9.63. The fraction of sp³-hybridized carbons (Fsp3) is 0.182. The third-order valence-electron chi connectivity index (χ3n) is 3.84. The molecule has 0 bridgehead atoms. The molecule has 7 nitrogen and oxygen atoms in total. The SMILES string of the molecule is CN(C)S(=O)(=O)c1ccc[c-]1C(C)(O)[c-]1cccc1.[C-]#[O+].[C-]#[O+].[C-]#[O+].[Fe].[Mn].[cH-]1[cH-][cH-][cH-][cH-]1. The maximum atomic E-state index is 12.2. The molecule has 0 aliphatic carbocycles. The van der Waals surface area contributed by atoms with Crippen molar-refractivity contribution >= 4 is 10.0 Å². The van der Waals surface area contributed by atoms with Gasteiger partial charge in [0, 0.05) is 53.8 Å². The summed E-state index contributed by atoms with van der Waals surface area (Å²) in [6.07, 6.45) is 0. The van der Waals surface area contributed by atoms with Gasteiger partial charge in [-0.1, -0.05) is 0 Å². The predicted octanol–water partition coefficient (Wildman–Crippen LogP) is 2.92. The molecule has 32 heavy (non-hydrogen) atoms. The average Bonchev–Trinajstić information content (AvgIpc) is 3.56. The molecule has 10 heteroatoms. The Labute approximate surface area is 210 Å². The number of aliphatic hydroxyl groups is 1. The molecule has 0 saturated carbocycles. The topological polar surface area (TPSA) is 117 Å². The molecule has 0 aromatic heterocycles. The van der Waals surface area contributed by atoms with Crippen molar-refractivity contribution in [3.05, 3.63) is 104 Å². The molecular formula is C22H22FeMnNO6S-7. The zero-order chi connectivity index (χ0) is 23.8. The molecule has 1 atom stereocenters. The van der Waals surface area contributed by atoms with Gasteiger partial charge in [0.25, 0.3) is 0 Å². The van der Waals surface area contributed by atoms with Crippen molar-refractivity contribution in [2.75, 3.05) is 14.1 Å². The number of nitrogens with zero attached hydrogens (tertiary/aromatic N) is 1. The van der Waals surface area contributed by atoms with E-state index < -0.39 is 15.6 Å². The summed E-state index contributed by atoms with van der Waals surface area (Å²) in [5.74, 6) is 0. The van der Waals surface area contributed by atoms with Gasteiger partial charge < -0.3 is 35.4 Å². The van der Waals surface area contributed by atoms with Crippen LogP contribution in [0, 0.1) is 20.0 Å². The molecule has 3 rings (SSSR count). The quantitative estimate of drug-likeness (QED) is 0.312. The van der Waals surface area contributed by atoms with Gasteiger partial charge in [-0.2, -0.15) is 24.3 Å². The summed E-state index contributed by atoms with van der Waals surface area (Å²) in [6, 6.07) is 22.0. The molecular weight excluding hydrogens is 517 g/mol. The zero-order valence-electron chi connectivity index (χ0n) is 17.5. The second-order valence-electron chi connectivity index (χ2n) is 5.80.